The Morgan fingerprint density at radius 1 is 1.15 bits per heavy atom. The molecule has 0 spiro atoms. The molecular weight excluding hydrogens is 402 g/mol. The Bertz CT molecular complexity index is 764. The van der Waals surface area contributed by atoms with Crippen LogP contribution in [0.2, 0.25) is 0 Å². The molecule has 1 aromatic heterocycles. The van der Waals surface area contributed by atoms with Crippen LogP contribution in [0.3, 0.4) is 0 Å². The van der Waals surface area contributed by atoms with E-state index in [1.54, 1.807) is 11.3 Å². The van der Waals surface area contributed by atoms with Crippen LogP contribution in [0.1, 0.15) is 15.4 Å². The summed E-state index contributed by atoms with van der Waals surface area (Å²) in [6.45, 7) is 0. The number of para-hydroxylation sites is 1. The molecule has 0 bridgehead atoms. The van der Waals surface area contributed by atoms with Crippen LogP contribution in [0, 0.1) is 0 Å². The molecule has 3 rings (SSSR count). The maximum absolute atomic E-state index is 12.4. The summed E-state index contributed by atoms with van der Waals surface area (Å²) in [5.41, 5.74) is 1.63. The highest BCUT2D eigenvalue weighted by Gasteiger charge is 2.14. The van der Waals surface area contributed by atoms with E-state index < -0.39 is 0 Å². The number of halogens is 2. The summed E-state index contributed by atoms with van der Waals surface area (Å²) in [7, 11) is 0. The Labute approximate surface area is 137 Å². The van der Waals surface area contributed by atoms with Crippen LogP contribution in [0.25, 0.3) is 10.2 Å². The first-order valence-corrected chi connectivity index (χ1v) is 8.36. The number of fused-ring (bicyclic) bond motifs is 1. The molecule has 2 aromatic carbocycles. The number of ketones is 1. The monoisotopic (exact) mass is 409 g/mol. The predicted octanol–water partition coefficient (Wildman–Crippen LogP) is 5.25. The Balaban J connectivity index is 1.90. The van der Waals surface area contributed by atoms with Gasteiger partial charge in [-0.25, -0.2) is 4.98 Å². The second-order valence-electron chi connectivity index (χ2n) is 4.30. The van der Waals surface area contributed by atoms with E-state index in [2.05, 4.69) is 36.8 Å². The van der Waals surface area contributed by atoms with Crippen LogP contribution >= 0.6 is 43.2 Å². The molecule has 2 nitrogen and oxygen atoms in total. The fourth-order valence-electron chi connectivity index (χ4n) is 1.94. The van der Waals surface area contributed by atoms with Crippen LogP contribution in [-0.4, -0.2) is 10.8 Å². The minimum atomic E-state index is 0.0669. The second-order valence-corrected chi connectivity index (χ2v) is 7.18. The van der Waals surface area contributed by atoms with Gasteiger partial charge < -0.3 is 0 Å². The summed E-state index contributed by atoms with van der Waals surface area (Å²) >= 11 is 8.38. The number of nitrogens with zero attached hydrogens (tertiary/aromatic N) is 1. The molecule has 20 heavy (non-hydrogen) atoms. The molecule has 0 unspecified atom stereocenters. The SMILES string of the molecule is O=C(Cc1nc2ccccc2s1)c1cc(Br)ccc1Br. The van der Waals surface area contributed by atoms with Crippen LogP contribution in [0.15, 0.2) is 51.4 Å². The number of thiazole rings is 1. The molecule has 0 aliphatic carbocycles. The standard InChI is InChI=1S/C15H9Br2NOS/c16-9-5-6-11(17)10(7-9)13(19)8-15-18-12-3-1-2-4-14(12)20-15/h1-7H,8H2. The summed E-state index contributed by atoms with van der Waals surface area (Å²) in [6, 6.07) is 13.5. The quantitative estimate of drug-likeness (QED) is 0.552. The van der Waals surface area contributed by atoms with Gasteiger partial charge in [0, 0.05) is 14.5 Å². The number of carbonyl (C=O) groups excluding carboxylic acids is 1. The van der Waals surface area contributed by atoms with Crippen LogP contribution < -0.4 is 0 Å². The van der Waals surface area contributed by atoms with Gasteiger partial charge in [-0.15, -0.1) is 11.3 Å². The third-order valence-corrected chi connectivity index (χ3v) is 5.10. The summed E-state index contributed by atoms with van der Waals surface area (Å²) in [6.07, 6.45) is 0.328. The van der Waals surface area contributed by atoms with Crippen molar-refractivity contribution in [2.45, 2.75) is 6.42 Å². The van der Waals surface area contributed by atoms with Gasteiger partial charge in [0.15, 0.2) is 5.78 Å². The van der Waals surface area contributed by atoms with Crippen molar-refractivity contribution in [2.75, 3.05) is 0 Å². The highest BCUT2D eigenvalue weighted by molar-refractivity contribution is 9.11. The number of Topliss-reactive ketones (excluding diaryl/α,β-unsaturated/α-hetero) is 1. The number of benzene rings is 2. The zero-order valence-electron chi connectivity index (χ0n) is 10.3. The Morgan fingerprint density at radius 3 is 2.75 bits per heavy atom. The number of carbonyl (C=O) groups is 1. The molecule has 0 aliphatic heterocycles. The van der Waals surface area contributed by atoms with E-state index in [-0.39, 0.29) is 5.78 Å². The molecule has 3 aromatic rings. The molecule has 5 heteroatoms. The summed E-state index contributed by atoms with van der Waals surface area (Å²) in [4.78, 5) is 16.9. The summed E-state index contributed by atoms with van der Waals surface area (Å²) in [5, 5.41) is 0.850. The topological polar surface area (TPSA) is 30.0 Å². The molecule has 0 radical (unpaired) electrons. The fraction of sp³-hybridized carbons (Fsp3) is 0.0667. The molecule has 0 N–H and O–H groups in total. The number of hydrogen-bond donors (Lipinski definition) is 0. The molecule has 0 saturated heterocycles. The normalized spacial score (nSPS) is 10.9. The molecule has 0 fully saturated rings. The first kappa shape index (κ1) is 13.9. The summed E-state index contributed by atoms with van der Waals surface area (Å²) in [5.74, 6) is 0.0669. The second kappa shape index (κ2) is 5.76. The van der Waals surface area contributed by atoms with Crippen molar-refractivity contribution in [3.8, 4) is 0 Å². The molecular formula is C15H9Br2NOS. The Kier molecular flexibility index (Phi) is 4.01. The zero-order valence-corrected chi connectivity index (χ0v) is 14.3. The largest absolute Gasteiger partial charge is 0.294 e. The lowest BCUT2D eigenvalue weighted by atomic mass is 10.1. The molecule has 0 amide bonds. The van der Waals surface area contributed by atoms with Gasteiger partial charge in [-0.2, -0.15) is 0 Å². The number of hydrogen-bond acceptors (Lipinski definition) is 3. The predicted molar refractivity (Wildman–Crippen MR) is 89.5 cm³/mol. The molecule has 100 valence electrons. The maximum Gasteiger partial charge on any atom is 0.170 e. The van der Waals surface area contributed by atoms with E-state index >= 15 is 0 Å². The average Bonchev–Trinajstić information content (AvgIpc) is 2.83. The zero-order chi connectivity index (χ0) is 14.1. The number of aromatic nitrogens is 1. The minimum Gasteiger partial charge on any atom is -0.294 e. The lowest BCUT2D eigenvalue weighted by Gasteiger charge is -2.02. The molecule has 0 atom stereocenters. The Hall–Kier alpha value is -1.04. The maximum atomic E-state index is 12.4. The summed E-state index contributed by atoms with van der Waals surface area (Å²) < 4.78 is 2.82. The molecule has 0 aliphatic rings. The van der Waals surface area contributed by atoms with Gasteiger partial charge in [0.1, 0.15) is 5.01 Å². The van der Waals surface area contributed by atoms with Gasteiger partial charge in [0.25, 0.3) is 0 Å². The Morgan fingerprint density at radius 2 is 1.95 bits per heavy atom. The van der Waals surface area contributed by atoms with Crippen molar-refractivity contribution in [2.24, 2.45) is 0 Å². The van der Waals surface area contributed by atoms with Gasteiger partial charge in [-0.1, -0.05) is 44.0 Å². The van der Waals surface area contributed by atoms with E-state index in [4.69, 9.17) is 0 Å². The van der Waals surface area contributed by atoms with Crippen LogP contribution in [0.5, 0.6) is 0 Å². The van der Waals surface area contributed by atoms with E-state index in [0.717, 1.165) is 24.2 Å². The van der Waals surface area contributed by atoms with Gasteiger partial charge in [-0.3, -0.25) is 4.79 Å². The lowest BCUT2D eigenvalue weighted by molar-refractivity contribution is 0.0992. The first-order chi connectivity index (χ1) is 9.63. The highest BCUT2D eigenvalue weighted by atomic mass is 79.9. The van der Waals surface area contributed by atoms with E-state index in [1.165, 1.54) is 0 Å². The average molecular weight is 411 g/mol. The van der Waals surface area contributed by atoms with Crippen molar-refractivity contribution < 1.29 is 4.79 Å². The van der Waals surface area contributed by atoms with Crippen molar-refractivity contribution in [3.63, 3.8) is 0 Å². The first-order valence-electron chi connectivity index (χ1n) is 5.96. The molecule has 1 heterocycles. The minimum absolute atomic E-state index is 0.0669. The van der Waals surface area contributed by atoms with Crippen molar-refractivity contribution in [3.05, 3.63) is 62.0 Å². The highest BCUT2D eigenvalue weighted by Crippen LogP contribution is 2.26. The van der Waals surface area contributed by atoms with Gasteiger partial charge in [-0.05, 0) is 30.3 Å². The lowest BCUT2D eigenvalue weighted by Crippen LogP contribution is -2.04. The van der Waals surface area contributed by atoms with Crippen LogP contribution in [-0.2, 0) is 6.42 Å². The van der Waals surface area contributed by atoms with Crippen molar-refractivity contribution in [1.82, 2.24) is 4.98 Å². The van der Waals surface area contributed by atoms with Gasteiger partial charge >= 0.3 is 0 Å². The third kappa shape index (κ3) is 2.85. The molecule has 0 saturated carbocycles. The van der Waals surface area contributed by atoms with Gasteiger partial charge in [0.05, 0.1) is 16.6 Å². The van der Waals surface area contributed by atoms with E-state index in [9.17, 15) is 4.79 Å². The number of rotatable bonds is 3. The van der Waals surface area contributed by atoms with Crippen LogP contribution in [0.4, 0.5) is 0 Å². The van der Waals surface area contributed by atoms with Gasteiger partial charge in [0.2, 0.25) is 0 Å². The van der Waals surface area contributed by atoms with E-state index in [0.29, 0.717) is 12.0 Å². The van der Waals surface area contributed by atoms with E-state index in [1.807, 2.05) is 42.5 Å². The third-order valence-electron chi connectivity index (χ3n) is 2.88. The fourth-order valence-corrected chi connectivity index (χ4v) is 3.73. The smallest absolute Gasteiger partial charge is 0.170 e. The van der Waals surface area contributed by atoms with Crippen molar-refractivity contribution >= 4 is 59.2 Å². The van der Waals surface area contributed by atoms with Crippen molar-refractivity contribution in [1.29, 1.82) is 0 Å².